The van der Waals surface area contributed by atoms with Gasteiger partial charge in [0.1, 0.15) is 17.0 Å². The van der Waals surface area contributed by atoms with Crippen molar-refractivity contribution in [2.24, 2.45) is 5.73 Å². The van der Waals surface area contributed by atoms with E-state index in [0.29, 0.717) is 6.54 Å². The van der Waals surface area contributed by atoms with Crippen LogP contribution in [0.2, 0.25) is 0 Å². The van der Waals surface area contributed by atoms with E-state index in [1.165, 1.54) is 0 Å². The molecular formula is C14H18N2O2. The number of fused-ring (bicyclic) bond motifs is 1. The van der Waals surface area contributed by atoms with Gasteiger partial charge in [-0.3, -0.25) is 0 Å². The number of ether oxygens (including phenoxy) is 2. The van der Waals surface area contributed by atoms with Gasteiger partial charge in [0.05, 0.1) is 14.2 Å². The van der Waals surface area contributed by atoms with Gasteiger partial charge in [0, 0.05) is 17.1 Å². The average molecular weight is 246 g/mol. The number of hydrogen-bond donors (Lipinski definition) is 1. The fraction of sp³-hybridized carbons (Fsp3) is 0.357. The highest BCUT2D eigenvalue weighted by Crippen LogP contribution is 2.29. The van der Waals surface area contributed by atoms with Crippen molar-refractivity contribution in [1.29, 1.82) is 0 Å². The van der Waals surface area contributed by atoms with Gasteiger partial charge in [-0.25, -0.2) is 4.98 Å². The summed E-state index contributed by atoms with van der Waals surface area (Å²) < 4.78 is 10.6. The average Bonchev–Trinajstić information content (AvgIpc) is 2.43. The lowest BCUT2D eigenvalue weighted by Gasteiger charge is -2.09. The second-order valence-corrected chi connectivity index (χ2v) is 4.10. The lowest BCUT2D eigenvalue weighted by molar-refractivity contribution is 0.397. The second kappa shape index (κ2) is 5.69. The highest BCUT2D eigenvalue weighted by molar-refractivity contribution is 5.86. The normalized spacial score (nSPS) is 10.6. The van der Waals surface area contributed by atoms with Crippen molar-refractivity contribution >= 4 is 10.9 Å². The van der Waals surface area contributed by atoms with E-state index in [1.807, 2.05) is 24.3 Å². The Morgan fingerprint density at radius 1 is 1.17 bits per heavy atom. The Bertz CT molecular complexity index is 541. The first-order chi connectivity index (χ1) is 8.78. The molecule has 1 aromatic carbocycles. The molecule has 0 fully saturated rings. The molecule has 0 atom stereocenters. The van der Waals surface area contributed by atoms with Crippen LogP contribution in [0.1, 0.15) is 12.1 Å². The molecule has 0 saturated heterocycles. The summed E-state index contributed by atoms with van der Waals surface area (Å²) >= 11 is 0. The number of rotatable bonds is 5. The quantitative estimate of drug-likeness (QED) is 0.878. The molecule has 1 aromatic heterocycles. The minimum Gasteiger partial charge on any atom is -0.497 e. The van der Waals surface area contributed by atoms with Gasteiger partial charge in [0.2, 0.25) is 0 Å². The molecule has 1 heterocycles. The molecule has 2 N–H and O–H groups in total. The molecule has 0 radical (unpaired) electrons. The van der Waals surface area contributed by atoms with Crippen LogP contribution in [-0.2, 0) is 6.42 Å². The Hall–Kier alpha value is -1.81. The summed E-state index contributed by atoms with van der Waals surface area (Å²) in [7, 11) is 3.28. The van der Waals surface area contributed by atoms with Crippen molar-refractivity contribution in [1.82, 2.24) is 4.98 Å². The van der Waals surface area contributed by atoms with Crippen LogP contribution < -0.4 is 15.2 Å². The third-order valence-electron chi connectivity index (χ3n) is 2.88. The van der Waals surface area contributed by atoms with Gasteiger partial charge in [-0.2, -0.15) is 0 Å². The summed E-state index contributed by atoms with van der Waals surface area (Å²) in [5.41, 5.74) is 7.42. The number of hydrogen-bond acceptors (Lipinski definition) is 4. The first-order valence-electron chi connectivity index (χ1n) is 6.00. The number of benzene rings is 1. The monoisotopic (exact) mass is 246 g/mol. The van der Waals surface area contributed by atoms with E-state index in [0.717, 1.165) is 40.9 Å². The molecule has 18 heavy (non-hydrogen) atoms. The Labute approximate surface area is 107 Å². The molecule has 0 bridgehead atoms. The minimum atomic E-state index is 0.680. The smallest absolute Gasteiger partial charge is 0.148 e. The SMILES string of the molecule is COc1cc(OC)c2nc(CCCN)ccc2c1. The molecule has 0 aliphatic rings. The number of methoxy groups -OCH3 is 2. The minimum absolute atomic E-state index is 0.680. The molecule has 96 valence electrons. The molecule has 0 unspecified atom stereocenters. The van der Waals surface area contributed by atoms with E-state index < -0.39 is 0 Å². The van der Waals surface area contributed by atoms with Crippen molar-refractivity contribution in [3.63, 3.8) is 0 Å². The van der Waals surface area contributed by atoms with Gasteiger partial charge in [-0.15, -0.1) is 0 Å². The fourth-order valence-corrected chi connectivity index (χ4v) is 1.91. The molecule has 4 heteroatoms. The molecular weight excluding hydrogens is 228 g/mol. The van der Waals surface area contributed by atoms with E-state index in [-0.39, 0.29) is 0 Å². The maximum Gasteiger partial charge on any atom is 0.148 e. The van der Waals surface area contributed by atoms with Crippen LogP contribution in [0.4, 0.5) is 0 Å². The van der Waals surface area contributed by atoms with Crippen LogP contribution in [0.25, 0.3) is 10.9 Å². The zero-order chi connectivity index (χ0) is 13.0. The molecule has 0 spiro atoms. The van der Waals surface area contributed by atoms with E-state index in [1.54, 1.807) is 14.2 Å². The summed E-state index contributed by atoms with van der Waals surface area (Å²) in [6.45, 7) is 0.680. The molecule has 2 rings (SSSR count). The van der Waals surface area contributed by atoms with Crippen molar-refractivity contribution in [3.8, 4) is 11.5 Å². The van der Waals surface area contributed by atoms with Crippen LogP contribution in [-0.4, -0.2) is 25.7 Å². The van der Waals surface area contributed by atoms with Crippen molar-refractivity contribution in [2.45, 2.75) is 12.8 Å². The Morgan fingerprint density at radius 3 is 2.67 bits per heavy atom. The van der Waals surface area contributed by atoms with Crippen LogP contribution in [0, 0.1) is 0 Å². The number of nitrogens with two attached hydrogens (primary N) is 1. The van der Waals surface area contributed by atoms with Crippen LogP contribution in [0.3, 0.4) is 0 Å². The maximum absolute atomic E-state index is 5.51. The van der Waals surface area contributed by atoms with Crippen LogP contribution >= 0.6 is 0 Å². The Balaban J connectivity index is 2.47. The van der Waals surface area contributed by atoms with Gasteiger partial charge in [-0.1, -0.05) is 6.07 Å². The highest BCUT2D eigenvalue weighted by Gasteiger charge is 2.07. The lowest BCUT2D eigenvalue weighted by atomic mass is 10.1. The van der Waals surface area contributed by atoms with Gasteiger partial charge in [0.15, 0.2) is 0 Å². The van der Waals surface area contributed by atoms with E-state index >= 15 is 0 Å². The summed E-state index contributed by atoms with van der Waals surface area (Å²) in [4.78, 5) is 4.62. The molecule has 2 aromatic rings. The third-order valence-corrected chi connectivity index (χ3v) is 2.88. The van der Waals surface area contributed by atoms with Crippen LogP contribution in [0.5, 0.6) is 11.5 Å². The van der Waals surface area contributed by atoms with Crippen molar-refractivity contribution in [3.05, 3.63) is 30.0 Å². The zero-order valence-electron chi connectivity index (χ0n) is 10.8. The fourth-order valence-electron chi connectivity index (χ4n) is 1.91. The van der Waals surface area contributed by atoms with Crippen molar-refractivity contribution < 1.29 is 9.47 Å². The third kappa shape index (κ3) is 2.54. The van der Waals surface area contributed by atoms with Crippen LogP contribution in [0.15, 0.2) is 24.3 Å². The second-order valence-electron chi connectivity index (χ2n) is 4.10. The predicted molar refractivity (Wildman–Crippen MR) is 72.2 cm³/mol. The highest BCUT2D eigenvalue weighted by atomic mass is 16.5. The summed E-state index contributed by atoms with van der Waals surface area (Å²) in [6, 6.07) is 7.87. The number of aromatic nitrogens is 1. The molecule has 4 nitrogen and oxygen atoms in total. The van der Waals surface area contributed by atoms with Gasteiger partial charge in [-0.05, 0) is 31.5 Å². The first-order valence-corrected chi connectivity index (χ1v) is 6.00. The van der Waals surface area contributed by atoms with Crippen molar-refractivity contribution in [2.75, 3.05) is 20.8 Å². The lowest BCUT2D eigenvalue weighted by Crippen LogP contribution is -2.02. The van der Waals surface area contributed by atoms with Gasteiger partial charge in [0.25, 0.3) is 0 Å². The summed E-state index contributed by atoms with van der Waals surface area (Å²) in [5.74, 6) is 1.51. The summed E-state index contributed by atoms with van der Waals surface area (Å²) in [5, 5.41) is 1.02. The topological polar surface area (TPSA) is 57.4 Å². The number of nitrogens with zero attached hydrogens (tertiary/aromatic N) is 1. The van der Waals surface area contributed by atoms with E-state index in [2.05, 4.69) is 4.98 Å². The number of aryl methyl sites for hydroxylation is 1. The van der Waals surface area contributed by atoms with Gasteiger partial charge < -0.3 is 15.2 Å². The molecule has 0 aliphatic heterocycles. The molecule has 0 saturated carbocycles. The van der Waals surface area contributed by atoms with Gasteiger partial charge >= 0.3 is 0 Å². The molecule has 0 amide bonds. The van der Waals surface area contributed by atoms with E-state index in [9.17, 15) is 0 Å². The Kier molecular flexibility index (Phi) is 3.99. The predicted octanol–water partition coefficient (Wildman–Crippen LogP) is 2.14. The standard InChI is InChI=1S/C14H18N2O2/c1-17-12-8-10-5-6-11(4-3-7-15)16-14(10)13(9-12)18-2/h5-6,8-9H,3-4,7,15H2,1-2H3. The van der Waals surface area contributed by atoms with E-state index in [4.69, 9.17) is 15.2 Å². The largest absolute Gasteiger partial charge is 0.497 e. The first kappa shape index (κ1) is 12.6. The molecule has 0 aliphatic carbocycles. The number of pyridine rings is 1. The maximum atomic E-state index is 5.51. The Morgan fingerprint density at radius 2 is 2.00 bits per heavy atom. The summed E-state index contributed by atoms with van der Waals surface area (Å²) in [6.07, 6.45) is 1.83. The zero-order valence-corrected chi connectivity index (χ0v) is 10.8.